The lowest BCUT2D eigenvalue weighted by Gasteiger charge is -2.22. The molecule has 1 aromatic heterocycles. The molecule has 1 saturated heterocycles. The number of aromatic nitrogens is 3. The van der Waals surface area contributed by atoms with Gasteiger partial charge in [-0.25, -0.2) is 9.37 Å². The van der Waals surface area contributed by atoms with E-state index in [1.165, 1.54) is 12.4 Å². The van der Waals surface area contributed by atoms with Crippen LogP contribution in [-0.2, 0) is 9.53 Å². The summed E-state index contributed by atoms with van der Waals surface area (Å²) in [6, 6.07) is 4.62. The van der Waals surface area contributed by atoms with E-state index in [4.69, 9.17) is 4.74 Å². The molecule has 1 saturated carbocycles. The minimum atomic E-state index is -0.472. The molecule has 2 aromatic rings. The number of hydrogen-bond acceptors (Lipinski definition) is 4. The van der Waals surface area contributed by atoms with E-state index in [0.717, 1.165) is 32.5 Å². The van der Waals surface area contributed by atoms with Gasteiger partial charge in [0.05, 0.1) is 5.69 Å². The van der Waals surface area contributed by atoms with Crippen molar-refractivity contribution in [2.24, 2.45) is 17.8 Å². The van der Waals surface area contributed by atoms with Gasteiger partial charge in [0, 0.05) is 24.7 Å². The van der Waals surface area contributed by atoms with E-state index in [9.17, 15) is 9.18 Å². The van der Waals surface area contributed by atoms with Crippen molar-refractivity contribution >= 4 is 11.6 Å². The van der Waals surface area contributed by atoms with Crippen molar-refractivity contribution in [1.29, 1.82) is 0 Å². The molecule has 0 bridgehead atoms. The molecule has 2 N–H and O–H groups in total. The number of benzene rings is 1. The maximum atomic E-state index is 14.2. The summed E-state index contributed by atoms with van der Waals surface area (Å²) in [7, 11) is 0. The van der Waals surface area contributed by atoms with Crippen LogP contribution < -0.4 is 5.32 Å². The predicted octanol–water partition coefficient (Wildman–Crippen LogP) is 2.61. The maximum Gasteiger partial charge on any atom is 0.227 e. The number of ether oxygens (including phenoxy) is 1. The van der Waals surface area contributed by atoms with Gasteiger partial charge in [-0.3, -0.25) is 9.89 Å². The van der Waals surface area contributed by atoms with Crippen LogP contribution in [0.5, 0.6) is 0 Å². The number of hydrogen-bond donors (Lipinski definition) is 2. The van der Waals surface area contributed by atoms with Crippen molar-refractivity contribution < 1.29 is 13.9 Å². The molecule has 4 rings (SSSR count). The lowest BCUT2D eigenvalue weighted by molar-refractivity contribution is -0.117. The number of amides is 1. The first kappa shape index (κ1) is 15.3. The topological polar surface area (TPSA) is 79.9 Å². The third-order valence-corrected chi connectivity index (χ3v) is 4.96. The Morgan fingerprint density at radius 2 is 2.17 bits per heavy atom. The largest absolute Gasteiger partial charge is 0.381 e. The zero-order valence-electron chi connectivity index (χ0n) is 13.2. The Bertz CT molecular complexity index is 728. The summed E-state index contributed by atoms with van der Waals surface area (Å²) in [5.74, 6) is 0.923. The highest BCUT2D eigenvalue weighted by molar-refractivity contribution is 5.94. The number of anilines is 1. The predicted molar refractivity (Wildman–Crippen MR) is 85.5 cm³/mol. The fraction of sp³-hybridized carbons (Fsp3) is 0.471. The van der Waals surface area contributed by atoms with Crippen molar-refractivity contribution in [2.45, 2.75) is 19.3 Å². The fourth-order valence-corrected chi connectivity index (χ4v) is 3.51. The van der Waals surface area contributed by atoms with Crippen LogP contribution in [0.25, 0.3) is 11.4 Å². The summed E-state index contributed by atoms with van der Waals surface area (Å²) < 4.78 is 19.6. The molecule has 2 atom stereocenters. The molecule has 1 aliphatic heterocycles. The van der Waals surface area contributed by atoms with Crippen LogP contribution in [0.3, 0.4) is 0 Å². The summed E-state index contributed by atoms with van der Waals surface area (Å²) in [6.07, 6.45) is 4.31. The van der Waals surface area contributed by atoms with Gasteiger partial charge >= 0.3 is 0 Å². The van der Waals surface area contributed by atoms with Crippen LogP contribution in [-0.4, -0.2) is 34.3 Å². The number of carbonyl (C=O) groups excluding carboxylic acids is 1. The van der Waals surface area contributed by atoms with Crippen LogP contribution in [0.4, 0.5) is 10.1 Å². The number of H-pyrrole nitrogens is 1. The van der Waals surface area contributed by atoms with Gasteiger partial charge in [0.1, 0.15) is 12.1 Å². The van der Waals surface area contributed by atoms with Crippen LogP contribution in [0.1, 0.15) is 19.3 Å². The van der Waals surface area contributed by atoms with Crippen molar-refractivity contribution in [3.8, 4) is 11.4 Å². The van der Waals surface area contributed by atoms with Crippen LogP contribution in [0.15, 0.2) is 24.5 Å². The molecule has 2 heterocycles. The lowest BCUT2D eigenvalue weighted by atomic mass is 9.93. The molecular formula is C17H19FN4O2. The molecule has 6 nitrogen and oxygen atoms in total. The second-order valence-electron chi connectivity index (χ2n) is 6.47. The van der Waals surface area contributed by atoms with Crippen molar-refractivity contribution in [2.75, 3.05) is 18.5 Å². The summed E-state index contributed by atoms with van der Waals surface area (Å²) in [5, 5.41) is 9.15. The average molecular weight is 330 g/mol. The molecule has 1 aliphatic carbocycles. The lowest BCUT2D eigenvalue weighted by Crippen LogP contribution is -2.21. The molecule has 126 valence electrons. The van der Waals surface area contributed by atoms with E-state index in [1.807, 2.05) is 0 Å². The molecule has 7 heteroatoms. The molecular weight excluding hydrogens is 311 g/mol. The molecule has 0 unspecified atom stereocenters. The van der Waals surface area contributed by atoms with E-state index < -0.39 is 5.82 Å². The van der Waals surface area contributed by atoms with E-state index in [1.54, 1.807) is 12.1 Å². The maximum absolute atomic E-state index is 14.2. The molecule has 0 spiro atoms. The monoisotopic (exact) mass is 330 g/mol. The highest BCUT2D eigenvalue weighted by Gasteiger charge is 2.47. The SMILES string of the molecule is O=C(Nc1ccc(-c2ncn[nH]2)cc1F)[C@@H]1C[C@H]1C1CCOCC1. The highest BCUT2D eigenvalue weighted by Crippen LogP contribution is 2.48. The van der Waals surface area contributed by atoms with Crippen molar-refractivity contribution in [1.82, 2.24) is 15.2 Å². The van der Waals surface area contributed by atoms with Crippen LogP contribution in [0, 0.1) is 23.6 Å². The molecule has 0 radical (unpaired) electrons. The van der Waals surface area contributed by atoms with Gasteiger partial charge in [-0.05, 0) is 49.3 Å². The minimum absolute atomic E-state index is 0.00134. The van der Waals surface area contributed by atoms with Gasteiger partial charge in [0.15, 0.2) is 5.82 Å². The second kappa shape index (κ2) is 6.32. The molecule has 2 aliphatic rings. The van der Waals surface area contributed by atoms with Crippen LogP contribution >= 0.6 is 0 Å². The number of aromatic amines is 1. The summed E-state index contributed by atoms with van der Waals surface area (Å²) in [6.45, 7) is 1.57. The Kier molecular flexibility index (Phi) is 4.02. The molecule has 1 amide bonds. The van der Waals surface area contributed by atoms with Gasteiger partial charge in [-0.2, -0.15) is 5.10 Å². The highest BCUT2D eigenvalue weighted by atomic mass is 19.1. The number of nitrogens with one attached hydrogen (secondary N) is 2. The van der Waals surface area contributed by atoms with Crippen LogP contribution in [0.2, 0.25) is 0 Å². The molecule has 1 aromatic carbocycles. The summed E-state index contributed by atoms with van der Waals surface area (Å²) in [5.41, 5.74) is 0.801. The Labute approximate surface area is 138 Å². The minimum Gasteiger partial charge on any atom is -0.381 e. The zero-order chi connectivity index (χ0) is 16.5. The van der Waals surface area contributed by atoms with Gasteiger partial charge in [0.2, 0.25) is 5.91 Å². The number of nitrogens with zero attached hydrogens (tertiary/aromatic N) is 2. The molecule has 2 fully saturated rings. The Hall–Kier alpha value is -2.28. The Morgan fingerprint density at radius 1 is 1.33 bits per heavy atom. The van der Waals surface area contributed by atoms with E-state index in [2.05, 4.69) is 20.5 Å². The van der Waals surface area contributed by atoms with Crippen molar-refractivity contribution in [3.05, 3.63) is 30.3 Å². The second-order valence-corrected chi connectivity index (χ2v) is 6.47. The number of halogens is 1. The summed E-state index contributed by atoms with van der Waals surface area (Å²) in [4.78, 5) is 16.3. The van der Waals surface area contributed by atoms with Gasteiger partial charge in [-0.15, -0.1) is 0 Å². The van der Waals surface area contributed by atoms with E-state index >= 15 is 0 Å². The zero-order valence-corrected chi connectivity index (χ0v) is 13.2. The third-order valence-electron chi connectivity index (χ3n) is 4.96. The van der Waals surface area contributed by atoms with Gasteiger partial charge < -0.3 is 10.1 Å². The van der Waals surface area contributed by atoms with E-state index in [-0.39, 0.29) is 17.5 Å². The Balaban J connectivity index is 1.39. The van der Waals surface area contributed by atoms with E-state index in [0.29, 0.717) is 23.2 Å². The normalized spacial score (nSPS) is 23.9. The van der Waals surface area contributed by atoms with Gasteiger partial charge in [-0.1, -0.05) is 0 Å². The number of carbonyl (C=O) groups is 1. The third kappa shape index (κ3) is 3.03. The summed E-state index contributed by atoms with van der Waals surface area (Å²) >= 11 is 0. The van der Waals surface area contributed by atoms with Crippen molar-refractivity contribution in [3.63, 3.8) is 0 Å². The standard InChI is InChI=1S/C17H19FN4O2/c18-14-7-11(16-19-9-20-22-16)1-2-15(14)21-17(23)13-8-12(13)10-3-5-24-6-4-10/h1-2,7,9-10,12-13H,3-6,8H2,(H,21,23)(H,19,20,22)/t12-,13+/m0/s1. The first-order valence-electron chi connectivity index (χ1n) is 8.26. The van der Waals surface area contributed by atoms with Gasteiger partial charge in [0.25, 0.3) is 0 Å². The fourth-order valence-electron chi connectivity index (χ4n) is 3.51. The smallest absolute Gasteiger partial charge is 0.227 e. The first-order chi connectivity index (χ1) is 11.7. The Morgan fingerprint density at radius 3 is 2.88 bits per heavy atom. The first-order valence-corrected chi connectivity index (χ1v) is 8.26. The average Bonchev–Trinajstić information content (AvgIpc) is 3.23. The number of rotatable bonds is 4. The molecule has 24 heavy (non-hydrogen) atoms. The quantitative estimate of drug-likeness (QED) is 0.903.